The van der Waals surface area contributed by atoms with Gasteiger partial charge >= 0.3 is 0 Å². The molecule has 0 atom stereocenters. The minimum atomic E-state index is -0.916. The van der Waals surface area contributed by atoms with Gasteiger partial charge in [-0.05, 0) is 30.5 Å². The predicted molar refractivity (Wildman–Crippen MR) is 54.4 cm³/mol. The molecule has 1 aliphatic rings. The molecule has 0 saturated heterocycles. The van der Waals surface area contributed by atoms with Crippen LogP contribution in [0.15, 0.2) is 18.2 Å². The number of nitrogens with one attached hydrogen (secondary N) is 1. The van der Waals surface area contributed by atoms with E-state index in [-0.39, 0.29) is 12.5 Å². The maximum Gasteiger partial charge on any atom is 0.240 e. The molecule has 3 N–H and O–H groups in total. The number of halogens is 2. The van der Waals surface area contributed by atoms with Crippen molar-refractivity contribution >= 4 is 5.91 Å². The van der Waals surface area contributed by atoms with Gasteiger partial charge in [-0.2, -0.15) is 0 Å². The lowest BCUT2D eigenvalue weighted by molar-refractivity contribution is -0.123. The molecule has 86 valence electrons. The second-order valence-corrected chi connectivity index (χ2v) is 4.09. The maximum absolute atomic E-state index is 12.8. The Morgan fingerprint density at radius 2 is 2.06 bits per heavy atom. The van der Waals surface area contributed by atoms with Crippen LogP contribution in [0.5, 0.6) is 0 Å². The number of benzene rings is 1. The van der Waals surface area contributed by atoms with E-state index in [0.717, 1.165) is 12.1 Å². The largest absolute Gasteiger partial charge is 0.350 e. The number of carbonyl (C=O) groups is 1. The summed E-state index contributed by atoms with van der Waals surface area (Å²) in [4.78, 5) is 11.4. The first-order valence-corrected chi connectivity index (χ1v) is 5.02. The van der Waals surface area contributed by atoms with Crippen LogP contribution in [0.25, 0.3) is 0 Å². The normalized spacial score (nSPS) is 16.9. The minimum Gasteiger partial charge on any atom is -0.350 e. The van der Waals surface area contributed by atoms with Crippen molar-refractivity contribution in [3.63, 3.8) is 0 Å². The second-order valence-electron chi connectivity index (χ2n) is 4.09. The first kappa shape index (κ1) is 11.0. The molecule has 1 aromatic carbocycles. The van der Waals surface area contributed by atoms with Gasteiger partial charge in [0.15, 0.2) is 11.6 Å². The first-order valence-electron chi connectivity index (χ1n) is 5.02. The summed E-state index contributed by atoms with van der Waals surface area (Å²) in [5.41, 5.74) is 5.44. The molecule has 16 heavy (non-hydrogen) atoms. The number of hydrogen-bond donors (Lipinski definition) is 2. The summed E-state index contributed by atoms with van der Waals surface area (Å²) < 4.78 is 25.5. The summed E-state index contributed by atoms with van der Waals surface area (Å²) in [5.74, 6) is -2.05. The molecule has 1 amide bonds. The molecule has 1 saturated carbocycles. The SMILES string of the molecule is NC1(C(=O)NCc2ccc(F)c(F)c2)CC1. The van der Waals surface area contributed by atoms with Crippen molar-refractivity contribution in [3.8, 4) is 0 Å². The monoisotopic (exact) mass is 226 g/mol. The summed E-state index contributed by atoms with van der Waals surface area (Å²) >= 11 is 0. The lowest BCUT2D eigenvalue weighted by Crippen LogP contribution is -2.42. The molecule has 5 heteroatoms. The zero-order valence-electron chi connectivity index (χ0n) is 8.59. The van der Waals surface area contributed by atoms with Crippen LogP contribution >= 0.6 is 0 Å². The Hall–Kier alpha value is -1.49. The van der Waals surface area contributed by atoms with E-state index in [4.69, 9.17) is 5.73 Å². The highest BCUT2D eigenvalue weighted by Gasteiger charge is 2.45. The molecular formula is C11H12F2N2O. The molecule has 1 fully saturated rings. The van der Waals surface area contributed by atoms with Gasteiger partial charge in [0.1, 0.15) is 0 Å². The maximum atomic E-state index is 12.8. The Bertz CT molecular complexity index is 430. The highest BCUT2D eigenvalue weighted by Crippen LogP contribution is 2.32. The fourth-order valence-corrected chi connectivity index (χ4v) is 1.37. The van der Waals surface area contributed by atoms with Crippen LogP contribution in [0.4, 0.5) is 8.78 Å². The Kier molecular flexibility index (Phi) is 2.63. The van der Waals surface area contributed by atoms with Crippen LogP contribution in [0.3, 0.4) is 0 Å². The molecule has 0 radical (unpaired) electrons. The van der Waals surface area contributed by atoms with Gasteiger partial charge in [-0.25, -0.2) is 8.78 Å². The summed E-state index contributed by atoms with van der Waals surface area (Å²) in [7, 11) is 0. The van der Waals surface area contributed by atoms with Gasteiger partial charge in [0.2, 0.25) is 5.91 Å². The van der Waals surface area contributed by atoms with Crippen molar-refractivity contribution in [2.24, 2.45) is 5.73 Å². The number of rotatable bonds is 3. The first-order chi connectivity index (χ1) is 7.51. The molecule has 0 unspecified atom stereocenters. The van der Waals surface area contributed by atoms with Crippen LogP contribution in [0.2, 0.25) is 0 Å². The highest BCUT2D eigenvalue weighted by atomic mass is 19.2. The van der Waals surface area contributed by atoms with E-state index < -0.39 is 17.2 Å². The van der Waals surface area contributed by atoms with Gasteiger partial charge in [0, 0.05) is 6.54 Å². The van der Waals surface area contributed by atoms with Gasteiger partial charge in [0.05, 0.1) is 5.54 Å². The lowest BCUT2D eigenvalue weighted by Gasteiger charge is -2.10. The van der Waals surface area contributed by atoms with Gasteiger partial charge in [0.25, 0.3) is 0 Å². The van der Waals surface area contributed by atoms with E-state index >= 15 is 0 Å². The predicted octanol–water partition coefficient (Wildman–Crippen LogP) is 1.07. The van der Waals surface area contributed by atoms with Gasteiger partial charge in [-0.3, -0.25) is 4.79 Å². The average Bonchev–Trinajstić information content (AvgIpc) is 2.99. The summed E-state index contributed by atoms with van der Waals surface area (Å²) in [6.07, 6.45) is 1.35. The van der Waals surface area contributed by atoms with Crippen molar-refractivity contribution in [1.29, 1.82) is 0 Å². The van der Waals surface area contributed by atoms with Crippen LogP contribution < -0.4 is 11.1 Å². The number of nitrogens with two attached hydrogens (primary N) is 1. The highest BCUT2D eigenvalue weighted by molar-refractivity contribution is 5.88. The molecule has 0 spiro atoms. The molecule has 2 rings (SSSR count). The standard InChI is InChI=1S/C11H12F2N2O/c12-8-2-1-7(5-9(8)13)6-15-10(16)11(14)3-4-11/h1-2,5H,3-4,6,14H2,(H,15,16). The topological polar surface area (TPSA) is 55.1 Å². The zero-order valence-corrected chi connectivity index (χ0v) is 8.59. The molecule has 3 nitrogen and oxygen atoms in total. The molecule has 1 aliphatic carbocycles. The Balaban J connectivity index is 1.94. The Morgan fingerprint density at radius 3 is 2.62 bits per heavy atom. The third-order valence-corrected chi connectivity index (χ3v) is 2.68. The van der Waals surface area contributed by atoms with Gasteiger partial charge in [-0.1, -0.05) is 6.07 Å². The zero-order chi connectivity index (χ0) is 11.8. The molecular weight excluding hydrogens is 214 g/mol. The fourth-order valence-electron chi connectivity index (χ4n) is 1.37. The van der Waals surface area contributed by atoms with E-state index in [2.05, 4.69) is 5.32 Å². The van der Waals surface area contributed by atoms with Gasteiger partial charge in [-0.15, -0.1) is 0 Å². The summed E-state index contributed by atoms with van der Waals surface area (Å²) in [6.45, 7) is 0.162. The third kappa shape index (κ3) is 2.19. The molecule has 1 aromatic rings. The number of hydrogen-bond acceptors (Lipinski definition) is 2. The van der Waals surface area contributed by atoms with E-state index in [1.165, 1.54) is 6.07 Å². The van der Waals surface area contributed by atoms with E-state index in [0.29, 0.717) is 18.4 Å². The second kappa shape index (κ2) is 3.83. The van der Waals surface area contributed by atoms with Crippen LogP contribution in [0, 0.1) is 11.6 Å². The van der Waals surface area contributed by atoms with Crippen molar-refractivity contribution in [2.75, 3.05) is 0 Å². The average molecular weight is 226 g/mol. The van der Waals surface area contributed by atoms with Crippen molar-refractivity contribution in [1.82, 2.24) is 5.32 Å². The Labute approximate surface area is 91.6 Å². The van der Waals surface area contributed by atoms with Crippen molar-refractivity contribution < 1.29 is 13.6 Å². The van der Waals surface area contributed by atoms with Crippen LogP contribution in [0.1, 0.15) is 18.4 Å². The van der Waals surface area contributed by atoms with Crippen LogP contribution in [-0.2, 0) is 11.3 Å². The number of carbonyl (C=O) groups excluding carboxylic acids is 1. The van der Waals surface area contributed by atoms with E-state index in [1.54, 1.807) is 0 Å². The summed E-state index contributed by atoms with van der Waals surface area (Å²) in [5, 5.41) is 2.60. The van der Waals surface area contributed by atoms with Gasteiger partial charge < -0.3 is 11.1 Å². The fraction of sp³-hybridized carbons (Fsp3) is 0.364. The molecule has 0 aliphatic heterocycles. The number of amides is 1. The minimum absolute atomic E-state index is 0.162. The molecule has 0 heterocycles. The van der Waals surface area contributed by atoms with Crippen LogP contribution in [-0.4, -0.2) is 11.4 Å². The van der Waals surface area contributed by atoms with E-state index in [1.807, 2.05) is 0 Å². The lowest BCUT2D eigenvalue weighted by atomic mass is 10.2. The summed E-state index contributed by atoms with van der Waals surface area (Å²) in [6, 6.07) is 3.52. The van der Waals surface area contributed by atoms with E-state index in [9.17, 15) is 13.6 Å². The smallest absolute Gasteiger partial charge is 0.240 e. The quantitative estimate of drug-likeness (QED) is 0.810. The molecule has 0 bridgehead atoms. The third-order valence-electron chi connectivity index (χ3n) is 2.68. The molecule has 0 aromatic heterocycles. The van der Waals surface area contributed by atoms with Crippen molar-refractivity contribution in [3.05, 3.63) is 35.4 Å². The van der Waals surface area contributed by atoms with Crippen molar-refractivity contribution in [2.45, 2.75) is 24.9 Å². The Morgan fingerprint density at radius 1 is 1.38 bits per heavy atom.